The van der Waals surface area contributed by atoms with Crippen LogP contribution >= 0.6 is 23.2 Å². The summed E-state index contributed by atoms with van der Waals surface area (Å²) in [4.78, 5) is 13.2. The normalized spacial score (nSPS) is 14.4. The molecule has 1 fully saturated rings. The Hall–Kier alpha value is -2.54. The van der Waals surface area contributed by atoms with Gasteiger partial charge in [0.1, 0.15) is 5.69 Å². The average Bonchev–Trinajstić information content (AvgIpc) is 3.15. The summed E-state index contributed by atoms with van der Waals surface area (Å²) in [6.07, 6.45) is 1.54. The molecule has 1 N–H and O–H groups in total. The fourth-order valence-electron chi connectivity index (χ4n) is 3.59. The van der Waals surface area contributed by atoms with Crippen molar-refractivity contribution in [3.8, 4) is 22.7 Å². The van der Waals surface area contributed by atoms with Gasteiger partial charge in [0.25, 0.3) is 5.91 Å². The third kappa shape index (κ3) is 4.71. The van der Waals surface area contributed by atoms with E-state index >= 15 is 0 Å². The van der Waals surface area contributed by atoms with Crippen molar-refractivity contribution in [3.63, 3.8) is 0 Å². The molecule has 31 heavy (non-hydrogen) atoms. The maximum Gasteiger partial charge on any atom is 0.275 e. The van der Waals surface area contributed by atoms with E-state index in [0.29, 0.717) is 47.0 Å². The van der Waals surface area contributed by atoms with E-state index in [1.54, 1.807) is 22.9 Å². The van der Waals surface area contributed by atoms with E-state index in [9.17, 15) is 4.79 Å². The number of ether oxygens (including phenoxy) is 2. The lowest BCUT2D eigenvalue weighted by molar-refractivity contribution is 0.0692. The lowest BCUT2D eigenvalue weighted by atomic mass is 10.1. The number of hydrogen-bond acceptors (Lipinski definition) is 4. The van der Waals surface area contributed by atoms with Crippen molar-refractivity contribution in [1.82, 2.24) is 15.1 Å². The number of nitrogens with one attached hydrogen (secondary N) is 1. The lowest BCUT2D eigenvalue weighted by Crippen LogP contribution is -2.39. The zero-order valence-electron chi connectivity index (χ0n) is 17.1. The maximum atomic E-state index is 13.2. The second kappa shape index (κ2) is 9.73. The quantitative estimate of drug-likeness (QED) is 0.553. The van der Waals surface area contributed by atoms with Crippen LogP contribution in [-0.4, -0.2) is 41.6 Å². The topological polar surface area (TPSA) is 65.4 Å². The number of hydrogen-bond donors (Lipinski definition) is 1. The second-order valence-corrected chi connectivity index (χ2v) is 8.03. The molecule has 6 nitrogen and oxygen atoms in total. The summed E-state index contributed by atoms with van der Waals surface area (Å²) < 4.78 is 13.0. The maximum absolute atomic E-state index is 13.2. The number of benzene rings is 2. The van der Waals surface area contributed by atoms with Gasteiger partial charge in [-0.05, 0) is 44.0 Å². The zero-order chi connectivity index (χ0) is 21.8. The van der Waals surface area contributed by atoms with Crippen molar-refractivity contribution < 1.29 is 14.3 Å². The standard InChI is InChI=1S/C23H23Cl2N3O3/c1-2-31-22-20(23(29)26-17-11-13-30-14-12-17)27-28(19-6-4-3-5-18(19)25)21(22)15-7-9-16(24)10-8-15/h3-10,17H,2,11-14H2,1H3,(H,26,29). The first kappa shape index (κ1) is 21.7. The van der Waals surface area contributed by atoms with Crippen molar-refractivity contribution in [1.29, 1.82) is 0 Å². The summed E-state index contributed by atoms with van der Waals surface area (Å²) in [6.45, 7) is 3.52. The van der Waals surface area contributed by atoms with Gasteiger partial charge < -0.3 is 14.8 Å². The van der Waals surface area contributed by atoms with Crippen LogP contribution in [0, 0.1) is 0 Å². The van der Waals surface area contributed by atoms with E-state index in [4.69, 9.17) is 32.7 Å². The Labute approximate surface area is 191 Å². The Bertz CT molecular complexity index is 1060. The minimum atomic E-state index is -0.281. The first-order valence-electron chi connectivity index (χ1n) is 10.2. The summed E-state index contributed by atoms with van der Waals surface area (Å²) >= 11 is 12.6. The van der Waals surface area contributed by atoms with Crippen LogP contribution in [-0.2, 0) is 4.74 Å². The van der Waals surface area contributed by atoms with Crippen LogP contribution < -0.4 is 10.1 Å². The molecule has 0 radical (unpaired) electrons. The van der Waals surface area contributed by atoms with Gasteiger partial charge in [-0.15, -0.1) is 0 Å². The Kier molecular flexibility index (Phi) is 6.80. The fourth-order valence-corrected chi connectivity index (χ4v) is 3.93. The summed E-state index contributed by atoms with van der Waals surface area (Å²) in [5, 5.41) is 8.85. The molecule has 2 aromatic carbocycles. The van der Waals surface area contributed by atoms with Crippen molar-refractivity contribution in [2.75, 3.05) is 19.8 Å². The largest absolute Gasteiger partial charge is 0.489 e. The Morgan fingerprint density at radius 2 is 1.87 bits per heavy atom. The van der Waals surface area contributed by atoms with Crippen LogP contribution in [0.5, 0.6) is 5.75 Å². The number of aromatic nitrogens is 2. The number of amides is 1. The first-order valence-corrected chi connectivity index (χ1v) is 11.0. The van der Waals surface area contributed by atoms with Crippen LogP contribution in [0.4, 0.5) is 0 Å². The summed E-state index contributed by atoms with van der Waals surface area (Å²) in [6, 6.07) is 14.7. The molecule has 0 unspecified atom stereocenters. The highest BCUT2D eigenvalue weighted by atomic mass is 35.5. The minimum Gasteiger partial charge on any atom is -0.489 e. The molecule has 162 valence electrons. The van der Waals surface area contributed by atoms with E-state index in [2.05, 4.69) is 10.4 Å². The molecule has 1 saturated heterocycles. The SMILES string of the molecule is CCOc1c(C(=O)NC2CCOCC2)nn(-c2ccccc2Cl)c1-c1ccc(Cl)cc1. The molecule has 4 rings (SSSR count). The molecule has 0 saturated carbocycles. The number of carbonyl (C=O) groups excluding carboxylic acids is 1. The smallest absolute Gasteiger partial charge is 0.275 e. The fraction of sp³-hybridized carbons (Fsp3) is 0.304. The number of carbonyl (C=O) groups is 1. The Morgan fingerprint density at radius 3 is 2.55 bits per heavy atom. The molecule has 8 heteroatoms. The first-order chi connectivity index (χ1) is 15.1. The number of nitrogens with zero attached hydrogens (tertiary/aromatic N) is 2. The summed E-state index contributed by atoms with van der Waals surface area (Å²) in [5.74, 6) is 0.130. The molecule has 0 aliphatic carbocycles. The van der Waals surface area contributed by atoms with Crippen molar-refractivity contribution in [3.05, 3.63) is 64.3 Å². The van der Waals surface area contributed by atoms with Crippen LogP contribution in [0.2, 0.25) is 10.0 Å². The summed E-state index contributed by atoms with van der Waals surface area (Å²) in [7, 11) is 0. The van der Waals surface area contributed by atoms with E-state index in [1.165, 1.54) is 0 Å². The molecule has 1 amide bonds. The van der Waals surface area contributed by atoms with Gasteiger partial charge in [-0.25, -0.2) is 4.68 Å². The average molecular weight is 460 g/mol. The monoisotopic (exact) mass is 459 g/mol. The van der Waals surface area contributed by atoms with E-state index in [1.807, 2.05) is 37.3 Å². The lowest BCUT2D eigenvalue weighted by Gasteiger charge is -2.22. The molecular formula is C23H23Cl2N3O3. The van der Waals surface area contributed by atoms with Crippen LogP contribution in [0.3, 0.4) is 0 Å². The van der Waals surface area contributed by atoms with Crippen LogP contribution in [0.1, 0.15) is 30.3 Å². The predicted molar refractivity (Wildman–Crippen MR) is 121 cm³/mol. The van der Waals surface area contributed by atoms with Crippen molar-refractivity contribution in [2.45, 2.75) is 25.8 Å². The zero-order valence-corrected chi connectivity index (χ0v) is 18.6. The molecule has 1 aliphatic rings. The molecule has 0 spiro atoms. The Balaban J connectivity index is 1.85. The van der Waals surface area contributed by atoms with E-state index in [0.717, 1.165) is 18.4 Å². The predicted octanol–water partition coefficient (Wildman–Crippen LogP) is 5.15. The van der Waals surface area contributed by atoms with E-state index < -0.39 is 0 Å². The Morgan fingerprint density at radius 1 is 1.16 bits per heavy atom. The highest BCUT2D eigenvalue weighted by molar-refractivity contribution is 6.32. The molecule has 1 aliphatic heterocycles. The van der Waals surface area contributed by atoms with Gasteiger partial charge in [-0.1, -0.05) is 47.5 Å². The van der Waals surface area contributed by atoms with E-state index in [-0.39, 0.29) is 17.6 Å². The number of halogens is 2. The van der Waals surface area contributed by atoms with Gasteiger partial charge in [-0.3, -0.25) is 4.79 Å². The van der Waals surface area contributed by atoms with Gasteiger partial charge in [-0.2, -0.15) is 5.10 Å². The molecule has 3 aromatic rings. The molecule has 1 aromatic heterocycles. The molecule has 0 atom stereocenters. The molecule has 2 heterocycles. The highest BCUT2D eigenvalue weighted by Gasteiger charge is 2.28. The van der Waals surface area contributed by atoms with Gasteiger partial charge in [0.2, 0.25) is 0 Å². The molecule has 0 bridgehead atoms. The minimum absolute atomic E-state index is 0.0418. The van der Waals surface area contributed by atoms with Gasteiger partial charge in [0.15, 0.2) is 11.4 Å². The van der Waals surface area contributed by atoms with Crippen LogP contribution in [0.25, 0.3) is 16.9 Å². The third-order valence-corrected chi connectivity index (χ3v) is 5.67. The third-order valence-electron chi connectivity index (χ3n) is 5.10. The van der Waals surface area contributed by atoms with Gasteiger partial charge in [0.05, 0.1) is 17.3 Å². The number of rotatable bonds is 6. The summed E-state index contributed by atoms with van der Waals surface area (Å²) in [5.41, 5.74) is 2.33. The van der Waals surface area contributed by atoms with Gasteiger partial charge >= 0.3 is 0 Å². The number of para-hydroxylation sites is 1. The highest BCUT2D eigenvalue weighted by Crippen LogP contribution is 2.37. The second-order valence-electron chi connectivity index (χ2n) is 7.19. The van der Waals surface area contributed by atoms with Gasteiger partial charge in [0, 0.05) is 29.8 Å². The van der Waals surface area contributed by atoms with Crippen molar-refractivity contribution >= 4 is 29.1 Å². The molecular weight excluding hydrogens is 437 g/mol. The van der Waals surface area contributed by atoms with Crippen LogP contribution in [0.15, 0.2) is 48.5 Å². The van der Waals surface area contributed by atoms with Crippen molar-refractivity contribution in [2.24, 2.45) is 0 Å².